The van der Waals surface area contributed by atoms with Crippen molar-refractivity contribution >= 4 is 10.0 Å². The topological polar surface area (TPSA) is 81.8 Å². The molecule has 3 aromatic rings. The van der Waals surface area contributed by atoms with Gasteiger partial charge in [0.1, 0.15) is 0 Å². The average molecular weight is 317 g/mol. The lowest BCUT2D eigenvalue weighted by atomic mass is 10.2. The summed E-state index contributed by atoms with van der Waals surface area (Å²) in [5.41, 5.74) is 1.77. The maximum absolute atomic E-state index is 12.1. The number of hydrogen-bond donors (Lipinski definition) is 1. The predicted molar refractivity (Wildman–Crippen MR) is 80.8 cm³/mol. The first kappa shape index (κ1) is 14.5. The molecule has 7 nitrogen and oxygen atoms in total. The molecule has 0 radical (unpaired) electrons. The van der Waals surface area contributed by atoms with Gasteiger partial charge in [-0.05, 0) is 23.8 Å². The third-order valence-electron chi connectivity index (χ3n) is 3.13. The quantitative estimate of drug-likeness (QED) is 0.763. The standard InChI is InChI=1S/C14H15N5O2S/c1-18-10-14(15-11-18)22(20,21)17-9-12-3-5-13(6-4-12)19-8-2-7-16-19/h2-8,10-11,17H,9H2,1H3. The number of hydrogen-bond acceptors (Lipinski definition) is 4. The van der Waals surface area contributed by atoms with Crippen LogP contribution in [0.3, 0.4) is 0 Å². The Labute approximate surface area is 128 Å². The van der Waals surface area contributed by atoms with Crippen LogP contribution in [0.25, 0.3) is 5.69 Å². The predicted octanol–water partition coefficient (Wildman–Crippen LogP) is 1.08. The van der Waals surface area contributed by atoms with E-state index in [1.165, 1.54) is 12.5 Å². The van der Waals surface area contributed by atoms with E-state index in [0.717, 1.165) is 11.3 Å². The van der Waals surface area contributed by atoms with Crippen molar-refractivity contribution in [3.8, 4) is 5.69 Å². The smallest absolute Gasteiger partial charge is 0.259 e. The molecule has 0 aliphatic rings. The van der Waals surface area contributed by atoms with Gasteiger partial charge in [-0.15, -0.1) is 0 Å². The summed E-state index contributed by atoms with van der Waals surface area (Å²) < 4.78 is 30.0. The van der Waals surface area contributed by atoms with Crippen LogP contribution in [0, 0.1) is 0 Å². The van der Waals surface area contributed by atoms with Crippen molar-refractivity contribution in [2.24, 2.45) is 7.05 Å². The molecule has 1 aromatic carbocycles. The molecular weight excluding hydrogens is 302 g/mol. The second-order valence-electron chi connectivity index (χ2n) is 4.82. The minimum atomic E-state index is -3.59. The van der Waals surface area contributed by atoms with E-state index in [-0.39, 0.29) is 11.6 Å². The molecule has 2 heterocycles. The molecule has 0 bridgehead atoms. The van der Waals surface area contributed by atoms with E-state index in [0.29, 0.717) is 0 Å². The summed E-state index contributed by atoms with van der Waals surface area (Å²) in [4.78, 5) is 3.85. The van der Waals surface area contributed by atoms with Crippen LogP contribution >= 0.6 is 0 Å². The number of aromatic nitrogens is 4. The summed E-state index contributed by atoms with van der Waals surface area (Å²) in [6.07, 6.45) is 6.46. The normalized spacial score (nSPS) is 11.7. The van der Waals surface area contributed by atoms with E-state index in [2.05, 4.69) is 14.8 Å². The molecule has 0 spiro atoms. The number of aryl methyl sites for hydroxylation is 1. The van der Waals surface area contributed by atoms with Crippen LogP contribution < -0.4 is 4.72 Å². The van der Waals surface area contributed by atoms with Gasteiger partial charge in [-0.1, -0.05) is 12.1 Å². The molecule has 22 heavy (non-hydrogen) atoms. The van der Waals surface area contributed by atoms with E-state index < -0.39 is 10.0 Å². The number of nitrogens with zero attached hydrogens (tertiary/aromatic N) is 4. The van der Waals surface area contributed by atoms with Crippen LogP contribution in [0.1, 0.15) is 5.56 Å². The van der Waals surface area contributed by atoms with Crippen molar-refractivity contribution in [2.75, 3.05) is 0 Å². The van der Waals surface area contributed by atoms with Crippen molar-refractivity contribution in [3.63, 3.8) is 0 Å². The van der Waals surface area contributed by atoms with E-state index in [9.17, 15) is 8.42 Å². The van der Waals surface area contributed by atoms with E-state index in [1.807, 2.05) is 36.5 Å². The minimum Gasteiger partial charge on any atom is -0.339 e. The zero-order valence-corrected chi connectivity index (χ0v) is 12.7. The number of benzene rings is 1. The third kappa shape index (κ3) is 3.07. The fourth-order valence-electron chi connectivity index (χ4n) is 1.97. The first-order valence-electron chi connectivity index (χ1n) is 6.61. The first-order valence-corrected chi connectivity index (χ1v) is 8.09. The Kier molecular flexibility index (Phi) is 3.78. The maximum atomic E-state index is 12.1. The van der Waals surface area contributed by atoms with Gasteiger partial charge in [0.05, 0.1) is 12.0 Å². The van der Waals surface area contributed by atoms with Crippen LogP contribution in [0.2, 0.25) is 0 Å². The minimum absolute atomic E-state index is 0.0168. The van der Waals surface area contributed by atoms with Gasteiger partial charge in [-0.3, -0.25) is 0 Å². The van der Waals surface area contributed by atoms with Crippen LogP contribution in [0.15, 0.2) is 60.3 Å². The molecule has 1 N–H and O–H groups in total. The summed E-state index contributed by atoms with van der Waals surface area (Å²) in [6, 6.07) is 9.33. The van der Waals surface area contributed by atoms with Crippen LogP contribution in [-0.4, -0.2) is 27.7 Å². The second kappa shape index (κ2) is 5.74. The summed E-state index contributed by atoms with van der Waals surface area (Å²) in [5, 5.41) is 4.15. The van der Waals surface area contributed by atoms with E-state index in [1.54, 1.807) is 22.5 Å². The number of nitrogens with one attached hydrogen (secondary N) is 1. The molecular formula is C14H15N5O2S. The highest BCUT2D eigenvalue weighted by Crippen LogP contribution is 2.10. The lowest BCUT2D eigenvalue weighted by molar-refractivity contribution is 0.578. The lowest BCUT2D eigenvalue weighted by Crippen LogP contribution is -2.23. The highest BCUT2D eigenvalue weighted by molar-refractivity contribution is 7.89. The molecule has 0 amide bonds. The Hall–Kier alpha value is -2.45. The molecule has 0 unspecified atom stereocenters. The Morgan fingerprint density at radius 2 is 2.00 bits per heavy atom. The summed E-state index contributed by atoms with van der Waals surface area (Å²) in [7, 11) is -1.87. The average Bonchev–Trinajstić information content (AvgIpc) is 3.17. The van der Waals surface area contributed by atoms with Gasteiger partial charge in [0.2, 0.25) is 0 Å². The SMILES string of the molecule is Cn1cnc(S(=O)(=O)NCc2ccc(-n3cccn3)cc2)c1. The second-order valence-corrected chi connectivity index (χ2v) is 6.53. The van der Waals surface area contributed by atoms with Crippen molar-refractivity contribution < 1.29 is 8.42 Å². The Morgan fingerprint density at radius 3 is 2.59 bits per heavy atom. The maximum Gasteiger partial charge on any atom is 0.259 e. The Balaban J connectivity index is 1.69. The molecule has 0 atom stereocenters. The van der Waals surface area contributed by atoms with Gasteiger partial charge in [0.15, 0.2) is 5.03 Å². The zero-order chi connectivity index (χ0) is 15.6. The number of sulfonamides is 1. The molecule has 114 valence electrons. The van der Waals surface area contributed by atoms with Crippen LogP contribution in [0.5, 0.6) is 0 Å². The molecule has 0 aliphatic heterocycles. The number of rotatable bonds is 5. The zero-order valence-electron chi connectivity index (χ0n) is 11.9. The van der Waals surface area contributed by atoms with E-state index >= 15 is 0 Å². The molecule has 0 saturated heterocycles. The van der Waals surface area contributed by atoms with Crippen LogP contribution in [0.4, 0.5) is 0 Å². The van der Waals surface area contributed by atoms with Gasteiger partial charge < -0.3 is 4.57 Å². The fraction of sp³-hybridized carbons (Fsp3) is 0.143. The van der Waals surface area contributed by atoms with Gasteiger partial charge >= 0.3 is 0 Å². The van der Waals surface area contributed by atoms with Crippen LogP contribution in [-0.2, 0) is 23.6 Å². The summed E-state index contributed by atoms with van der Waals surface area (Å²) >= 11 is 0. The molecule has 0 fully saturated rings. The van der Waals surface area contributed by atoms with Gasteiger partial charge in [0, 0.05) is 32.2 Å². The highest BCUT2D eigenvalue weighted by Gasteiger charge is 2.16. The largest absolute Gasteiger partial charge is 0.339 e. The number of imidazole rings is 1. The lowest BCUT2D eigenvalue weighted by Gasteiger charge is -2.06. The Morgan fingerprint density at radius 1 is 1.23 bits per heavy atom. The highest BCUT2D eigenvalue weighted by atomic mass is 32.2. The molecule has 8 heteroatoms. The van der Waals surface area contributed by atoms with Gasteiger partial charge in [0.25, 0.3) is 10.0 Å². The molecule has 2 aromatic heterocycles. The molecule has 0 saturated carbocycles. The van der Waals surface area contributed by atoms with E-state index in [4.69, 9.17) is 0 Å². The molecule has 3 rings (SSSR count). The fourth-order valence-corrected chi connectivity index (χ4v) is 2.96. The van der Waals surface area contributed by atoms with Crippen molar-refractivity contribution in [2.45, 2.75) is 11.6 Å². The van der Waals surface area contributed by atoms with Crippen molar-refractivity contribution in [1.29, 1.82) is 0 Å². The molecule has 0 aliphatic carbocycles. The third-order valence-corrected chi connectivity index (χ3v) is 4.41. The van der Waals surface area contributed by atoms with Crippen molar-refractivity contribution in [1.82, 2.24) is 24.1 Å². The van der Waals surface area contributed by atoms with Crippen molar-refractivity contribution in [3.05, 3.63) is 60.8 Å². The monoisotopic (exact) mass is 317 g/mol. The first-order chi connectivity index (χ1) is 10.5. The summed E-state index contributed by atoms with van der Waals surface area (Å²) in [6.45, 7) is 0.207. The Bertz CT molecular complexity index is 851. The summed E-state index contributed by atoms with van der Waals surface area (Å²) in [5.74, 6) is 0. The van der Waals surface area contributed by atoms with Gasteiger partial charge in [-0.2, -0.15) is 5.10 Å². The van der Waals surface area contributed by atoms with Gasteiger partial charge in [-0.25, -0.2) is 22.8 Å².